The fourth-order valence-electron chi connectivity index (χ4n) is 3.27. The maximum absolute atomic E-state index is 3.60. The molecule has 2 rings (SSSR count). The van der Waals surface area contributed by atoms with E-state index in [4.69, 9.17) is 0 Å². The van der Waals surface area contributed by atoms with Gasteiger partial charge in [-0.3, -0.25) is 4.90 Å². The Hall–Kier alpha value is -0.0800. The molecule has 0 radical (unpaired) electrons. The molecule has 0 spiro atoms. The third-order valence-corrected chi connectivity index (χ3v) is 4.50. The van der Waals surface area contributed by atoms with Crippen molar-refractivity contribution in [3.8, 4) is 0 Å². The second kappa shape index (κ2) is 6.61. The van der Waals surface area contributed by atoms with Crippen LogP contribution in [-0.2, 0) is 0 Å². The van der Waals surface area contributed by atoms with E-state index in [1.165, 1.54) is 71.1 Å². The molecule has 0 aromatic rings. The summed E-state index contributed by atoms with van der Waals surface area (Å²) in [7, 11) is 0. The standard InChI is InChI=1S/C14H28N2/c1-2-13-6-5-10-16(11-8-13)14-7-3-4-9-15-12-14/h13-15H,2-12H2,1H3. The zero-order chi connectivity index (χ0) is 11.2. The monoisotopic (exact) mass is 224 g/mol. The van der Waals surface area contributed by atoms with Gasteiger partial charge in [0.05, 0.1) is 0 Å². The quantitative estimate of drug-likeness (QED) is 0.776. The molecule has 0 amide bonds. The molecule has 0 bridgehead atoms. The molecule has 0 aromatic carbocycles. The Labute approximate surface area is 101 Å². The van der Waals surface area contributed by atoms with Crippen LogP contribution in [0.4, 0.5) is 0 Å². The first-order valence-corrected chi connectivity index (χ1v) is 7.35. The summed E-state index contributed by atoms with van der Waals surface area (Å²) in [6.07, 6.45) is 9.93. The summed E-state index contributed by atoms with van der Waals surface area (Å²) >= 11 is 0. The molecule has 0 aliphatic carbocycles. The van der Waals surface area contributed by atoms with Gasteiger partial charge in [0.15, 0.2) is 0 Å². The summed E-state index contributed by atoms with van der Waals surface area (Å²) in [5, 5.41) is 3.60. The van der Waals surface area contributed by atoms with Gasteiger partial charge < -0.3 is 5.32 Å². The number of hydrogen-bond donors (Lipinski definition) is 1. The van der Waals surface area contributed by atoms with Crippen molar-refractivity contribution in [1.29, 1.82) is 0 Å². The fraction of sp³-hybridized carbons (Fsp3) is 1.00. The van der Waals surface area contributed by atoms with Gasteiger partial charge in [0.2, 0.25) is 0 Å². The Kier molecular flexibility index (Phi) is 5.11. The maximum atomic E-state index is 3.60. The van der Waals surface area contributed by atoms with Crippen molar-refractivity contribution in [3.63, 3.8) is 0 Å². The Morgan fingerprint density at radius 3 is 2.88 bits per heavy atom. The molecule has 94 valence electrons. The Morgan fingerprint density at radius 1 is 1.06 bits per heavy atom. The number of likely N-dealkylation sites (tertiary alicyclic amines) is 1. The molecule has 0 saturated carbocycles. The van der Waals surface area contributed by atoms with Crippen LogP contribution in [0.15, 0.2) is 0 Å². The SMILES string of the molecule is CCC1CCCN(C2CCCCNC2)CC1. The molecule has 2 unspecified atom stereocenters. The third kappa shape index (κ3) is 3.46. The van der Waals surface area contributed by atoms with Gasteiger partial charge in [0.25, 0.3) is 0 Å². The normalized spacial score (nSPS) is 34.3. The molecule has 1 N–H and O–H groups in total. The summed E-state index contributed by atoms with van der Waals surface area (Å²) < 4.78 is 0. The molecular formula is C14H28N2. The molecule has 0 aromatic heterocycles. The van der Waals surface area contributed by atoms with E-state index in [1.807, 2.05) is 0 Å². The van der Waals surface area contributed by atoms with Crippen LogP contribution in [0.1, 0.15) is 51.9 Å². The van der Waals surface area contributed by atoms with E-state index >= 15 is 0 Å². The highest BCUT2D eigenvalue weighted by Gasteiger charge is 2.22. The second-order valence-electron chi connectivity index (χ2n) is 5.59. The van der Waals surface area contributed by atoms with Crippen molar-refractivity contribution >= 4 is 0 Å². The smallest absolute Gasteiger partial charge is 0.0220 e. The summed E-state index contributed by atoms with van der Waals surface area (Å²) in [5.41, 5.74) is 0. The van der Waals surface area contributed by atoms with Gasteiger partial charge in [-0.25, -0.2) is 0 Å². The summed E-state index contributed by atoms with van der Waals surface area (Å²) in [6, 6.07) is 0.832. The third-order valence-electron chi connectivity index (χ3n) is 4.50. The minimum Gasteiger partial charge on any atom is -0.315 e. The van der Waals surface area contributed by atoms with Gasteiger partial charge in [-0.1, -0.05) is 19.8 Å². The lowest BCUT2D eigenvalue weighted by Crippen LogP contribution is -2.41. The number of hydrogen-bond acceptors (Lipinski definition) is 2. The molecule has 2 fully saturated rings. The van der Waals surface area contributed by atoms with Gasteiger partial charge in [-0.05, 0) is 57.7 Å². The first-order valence-electron chi connectivity index (χ1n) is 7.35. The van der Waals surface area contributed by atoms with Crippen LogP contribution in [0.5, 0.6) is 0 Å². The molecule has 2 heteroatoms. The fourth-order valence-corrected chi connectivity index (χ4v) is 3.27. The Morgan fingerprint density at radius 2 is 2.00 bits per heavy atom. The first-order chi connectivity index (χ1) is 7.90. The van der Waals surface area contributed by atoms with E-state index in [0.717, 1.165) is 12.0 Å². The highest BCUT2D eigenvalue weighted by atomic mass is 15.2. The van der Waals surface area contributed by atoms with E-state index < -0.39 is 0 Å². The van der Waals surface area contributed by atoms with Crippen molar-refractivity contribution < 1.29 is 0 Å². The molecule has 2 saturated heterocycles. The van der Waals surface area contributed by atoms with E-state index in [-0.39, 0.29) is 0 Å². The Bertz CT molecular complexity index is 185. The minimum atomic E-state index is 0.832. The lowest BCUT2D eigenvalue weighted by atomic mass is 9.98. The van der Waals surface area contributed by atoms with Gasteiger partial charge in [0.1, 0.15) is 0 Å². The predicted molar refractivity (Wildman–Crippen MR) is 69.7 cm³/mol. The van der Waals surface area contributed by atoms with Gasteiger partial charge in [0, 0.05) is 12.6 Å². The first kappa shape index (κ1) is 12.4. The van der Waals surface area contributed by atoms with Crippen molar-refractivity contribution in [1.82, 2.24) is 10.2 Å². The van der Waals surface area contributed by atoms with Crippen molar-refractivity contribution in [2.45, 2.75) is 57.9 Å². The zero-order valence-electron chi connectivity index (χ0n) is 10.9. The second-order valence-corrected chi connectivity index (χ2v) is 5.59. The van der Waals surface area contributed by atoms with E-state index in [1.54, 1.807) is 0 Å². The largest absolute Gasteiger partial charge is 0.315 e. The van der Waals surface area contributed by atoms with E-state index in [0.29, 0.717) is 0 Å². The highest BCUT2D eigenvalue weighted by molar-refractivity contribution is 4.79. The molecule has 2 aliphatic heterocycles. The van der Waals surface area contributed by atoms with Gasteiger partial charge >= 0.3 is 0 Å². The van der Waals surface area contributed by atoms with Crippen LogP contribution in [0.2, 0.25) is 0 Å². The van der Waals surface area contributed by atoms with Gasteiger partial charge in [-0.2, -0.15) is 0 Å². The molecule has 2 aliphatic rings. The van der Waals surface area contributed by atoms with Crippen molar-refractivity contribution in [3.05, 3.63) is 0 Å². The lowest BCUT2D eigenvalue weighted by Gasteiger charge is -2.29. The average Bonchev–Trinajstić information content (AvgIpc) is 2.71. The maximum Gasteiger partial charge on any atom is 0.0220 e. The molecule has 2 heterocycles. The molecule has 16 heavy (non-hydrogen) atoms. The van der Waals surface area contributed by atoms with Crippen LogP contribution < -0.4 is 5.32 Å². The van der Waals surface area contributed by atoms with Crippen molar-refractivity contribution in [2.24, 2.45) is 5.92 Å². The van der Waals surface area contributed by atoms with Gasteiger partial charge in [-0.15, -0.1) is 0 Å². The predicted octanol–water partition coefficient (Wildman–Crippen LogP) is 2.64. The summed E-state index contributed by atoms with van der Waals surface area (Å²) in [4.78, 5) is 2.77. The number of nitrogens with zero attached hydrogens (tertiary/aromatic N) is 1. The highest BCUT2D eigenvalue weighted by Crippen LogP contribution is 2.23. The topological polar surface area (TPSA) is 15.3 Å². The zero-order valence-corrected chi connectivity index (χ0v) is 10.9. The minimum absolute atomic E-state index is 0.832. The lowest BCUT2D eigenvalue weighted by molar-refractivity contribution is 0.191. The van der Waals surface area contributed by atoms with E-state index in [9.17, 15) is 0 Å². The molecule has 2 atom stereocenters. The molecular weight excluding hydrogens is 196 g/mol. The van der Waals surface area contributed by atoms with Crippen LogP contribution in [-0.4, -0.2) is 37.1 Å². The number of nitrogens with one attached hydrogen (secondary N) is 1. The average molecular weight is 224 g/mol. The summed E-state index contributed by atoms with van der Waals surface area (Å²) in [6.45, 7) is 7.53. The van der Waals surface area contributed by atoms with Crippen LogP contribution in [0.25, 0.3) is 0 Å². The van der Waals surface area contributed by atoms with Crippen LogP contribution in [0.3, 0.4) is 0 Å². The van der Waals surface area contributed by atoms with Crippen LogP contribution >= 0.6 is 0 Å². The summed E-state index contributed by atoms with van der Waals surface area (Å²) in [5.74, 6) is 1.00. The molecule has 2 nitrogen and oxygen atoms in total. The Balaban J connectivity index is 1.83. The number of rotatable bonds is 2. The van der Waals surface area contributed by atoms with Crippen molar-refractivity contribution in [2.75, 3.05) is 26.2 Å². The van der Waals surface area contributed by atoms with Crippen LogP contribution in [0, 0.1) is 5.92 Å². The van der Waals surface area contributed by atoms with E-state index in [2.05, 4.69) is 17.1 Å².